The summed E-state index contributed by atoms with van der Waals surface area (Å²) >= 11 is 1.01. The highest BCUT2D eigenvalue weighted by molar-refractivity contribution is 7.16. The summed E-state index contributed by atoms with van der Waals surface area (Å²) in [5, 5.41) is 24.8. The van der Waals surface area contributed by atoms with Crippen LogP contribution in [0.4, 0.5) is 5.00 Å². The average molecular weight is 336 g/mol. The molecule has 0 unspecified atom stereocenters. The highest BCUT2D eigenvalue weighted by Crippen LogP contribution is 2.24. The van der Waals surface area contributed by atoms with Crippen molar-refractivity contribution >= 4 is 28.3 Å². The van der Waals surface area contributed by atoms with Crippen LogP contribution in [-0.2, 0) is 11.2 Å². The van der Waals surface area contributed by atoms with Crippen molar-refractivity contribution < 1.29 is 9.72 Å². The Morgan fingerprint density at radius 2 is 2.30 bits per heavy atom. The SMILES string of the molecule is CC(C)n1nnnc1CCNC(=O)/C=C/c1ccc([N+](=O)[O-])s1. The third kappa shape index (κ3) is 4.68. The minimum atomic E-state index is -0.457. The molecule has 1 N–H and O–H groups in total. The first-order valence-corrected chi connectivity index (χ1v) is 7.76. The molecular formula is C13H16N6O3S. The van der Waals surface area contributed by atoms with Crippen LogP contribution in [0.1, 0.15) is 30.6 Å². The van der Waals surface area contributed by atoms with Gasteiger partial charge in [0.05, 0.1) is 11.0 Å². The first kappa shape index (κ1) is 16.7. The van der Waals surface area contributed by atoms with E-state index in [1.165, 1.54) is 12.1 Å². The molecule has 0 fully saturated rings. The van der Waals surface area contributed by atoms with Crippen molar-refractivity contribution in [3.05, 3.63) is 39.0 Å². The quantitative estimate of drug-likeness (QED) is 0.466. The summed E-state index contributed by atoms with van der Waals surface area (Å²) in [6.07, 6.45) is 3.42. The molecule has 0 aromatic carbocycles. The normalized spacial score (nSPS) is 11.3. The number of thiophene rings is 1. The van der Waals surface area contributed by atoms with Crippen LogP contribution in [0.5, 0.6) is 0 Å². The van der Waals surface area contributed by atoms with Gasteiger partial charge in [-0.05, 0) is 36.4 Å². The Labute approximate surface area is 136 Å². The Bertz CT molecular complexity index is 721. The molecule has 9 nitrogen and oxygen atoms in total. The maximum atomic E-state index is 11.7. The molecule has 0 aliphatic heterocycles. The highest BCUT2D eigenvalue weighted by atomic mass is 32.1. The third-order valence-corrected chi connectivity index (χ3v) is 3.89. The average Bonchev–Trinajstić information content (AvgIpc) is 3.14. The second-order valence-corrected chi connectivity index (χ2v) is 6.03. The van der Waals surface area contributed by atoms with Crippen molar-refractivity contribution in [2.24, 2.45) is 0 Å². The fraction of sp³-hybridized carbons (Fsp3) is 0.385. The monoisotopic (exact) mass is 336 g/mol. The number of carbonyl (C=O) groups is 1. The molecule has 0 saturated heterocycles. The number of nitrogens with one attached hydrogen (secondary N) is 1. The van der Waals surface area contributed by atoms with Crippen LogP contribution in [-0.4, -0.2) is 37.6 Å². The predicted octanol–water partition coefficient (Wildman–Crippen LogP) is 1.60. The molecule has 0 aliphatic rings. The number of nitro groups is 1. The maximum Gasteiger partial charge on any atom is 0.324 e. The van der Waals surface area contributed by atoms with Crippen LogP contribution in [0.2, 0.25) is 0 Å². The Morgan fingerprint density at radius 1 is 1.52 bits per heavy atom. The third-order valence-electron chi connectivity index (χ3n) is 2.89. The van der Waals surface area contributed by atoms with E-state index in [0.717, 1.165) is 11.3 Å². The van der Waals surface area contributed by atoms with E-state index in [4.69, 9.17) is 0 Å². The molecule has 2 aromatic rings. The van der Waals surface area contributed by atoms with Gasteiger partial charge >= 0.3 is 5.00 Å². The van der Waals surface area contributed by atoms with E-state index < -0.39 is 4.92 Å². The van der Waals surface area contributed by atoms with Crippen LogP contribution in [0.25, 0.3) is 6.08 Å². The number of amides is 1. The fourth-order valence-corrected chi connectivity index (χ4v) is 2.55. The van der Waals surface area contributed by atoms with Crippen molar-refractivity contribution in [1.82, 2.24) is 25.5 Å². The second kappa shape index (κ2) is 7.58. The van der Waals surface area contributed by atoms with Crippen LogP contribution in [0.15, 0.2) is 18.2 Å². The van der Waals surface area contributed by atoms with Crippen molar-refractivity contribution in [2.45, 2.75) is 26.3 Å². The van der Waals surface area contributed by atoms with Gasteiger partial charge in [0.1, 0.15) is 0 Å². The molecule has 0 saturated carbocycles. The van der Waals surface area contributed by atoms with E-state index >= 15 is 0 Å². The summed E-state index contributed by atoms with van der Waals surface area (Å²) in [6, 6.07) is 3.17. The van der Waals surface area contributed by atoms with Gasteiger partial charge in [-0.25, -0.2) is 4.68 Å². The highest BCUT2D eigenvalue weighted by Gasteiger charge is 2.09. The second-order valence-electron chi connectivity index (χ2n) is 4.94. The zero-order chi connectivity index (χ0) is 16.8. The Kier molecular flexibility index (Phi) is 5.52. The van der Waals surface area contributed by atoms with Gasteiger partial charge in [0.15, 0.2) is 5.82 Å². The van der Waals surface area contributed by atoms with Crippen LogP contribution >= 0.6 is 11.3 Å². The van der Waals surface area contributed by atoms with E-state index in [9.17, 15) is 14.9 Å². The van der Waals surface area contributed by atoms with Crippen molar-refractivity contribution in [3.8, 4) is 0 Å². The largest absolute Gasteiger partial charge is 0.352 e. The number of tetrazole rings is 1. The van der Waals surface area contributed by atoms with E-state index in [-0.39, 0.29) is 17.0 Å². The van der Waals surface area contributed by atoms with Crippen LogP contribution in [0.3, 0.4) is 0 Å². The van der Waals surface area contributed by atoms with E-state index in [2.05, 4.69) is 20.8 Å². The van der Waals surface area contributed by atoms with Gasteiger partial charge in [0, 0.05) is 30.0 Å². The van der Waals surface area contributed by atoms with Crippen molar-refractivity contribution in [2.75, 3.05) is 6.54 Å². The predicted molar refractivity (Wildman–Crippen MR) is 84.9 cm³/mol. The van der Waals surface area contributed by atoms with Crippen LogP contribution < -0.4 is 5.32 Å². The molecular weight excluding hydrogens is 320 g/mol. The van der Waals surface area contributed by atoms with Gasteiger partial charge < -0.3 is 5.32 Å². The summed E-state index contributed by atoms with van der Waals surface area (Å²) < 4.78 is 1.70. The van der Waals surface area contributed by atoms with E-state index in [0.29, 0.717) is 23.7 Å². The number of rotatable bonds is 7. The smallest absolute Gasteiger partial charge is 0.324 e. The first-order chi connectivity index (χ1) is 11.0. The Morgan fingerprint density at radius 3 is 2.96 bits per heavy atom. The molecule has 0 radical (unpaired) electrons. The lowest BCUT2D eigenvalue weighted by Gasteiger charge is -2.07. The molecule has 23 heavy (non-hydrogen) atoms. The van der Waals surface area contributed by atoms with Gasteiger partial charge in [0.25, 0.3) is 0 Å². The van der Waals surface area contributed by atoms with Crippen molar-refractivity contribution in [3.63, 3.8) is 0 Å². The van der Waals surface area contributed by atoms with Gasteiger partial charge in [-0.3, -0.25) is 14.9 Å². The lowest BCUT2D eigenvalue weighted by Crippen LogP contribution is -2.24. The molecule has 0 aliphatic carbocycles. The minimum absolute atomic E-state index is 0.0468. The fourth-order valence-electron chi connectivity index (χ4n) is 1.82. The van der Waals surface area contributed by atoms with E-state index in [1.54, 1.807) is 16.8 Å². The zero-order valence-corrected chi connectivity index (χ0v) is 13.5. The summed E-state index contributed by atoms with van der Waals surface area (Å²) in [4.78, 5) is 22.5. The summed E-state index contributed by atoms with van der Waals surface area (Å²) in [7, 11) is 0. The topological polar surface area (TPSA) is 116 Å². The number of hydrogen-bond acceptors (Lipinski definition) is 7. The van der Waals surface area contributed by atoms with Gasteiger partial charge in [-0.2, -0.15) is 0 Å². The standard InChI is InChI=1S/C13H16N6O3S/c1-9(2)18-11(15-16-17-18)7-8-14-12(20)5-3-10-4-6-13(23-10)19(21)22/h3-6,9H,7-8H2,1-2H3,(H,14,20)/b5-3+. The Hall–Kier alpha value is -2.62. The lowest BCUT2D eigenvalue weighted by atomic mass is 10.3. The molecule has 0 bridgehead atoms. The molecule has 0 spiro atoms. The molecule has 2 aromatic heterocycles. The summed E-state index contributed by atoms with van der Waals surface area (Å²) in [5.41, 5.74) is 0. The van der Waals surface area contributed by atoms with Crippen molar-refractivity contribution in [1.29, 1.82) is 0 Å². The minimum Gasteiger partial charge on any atom is -0.352 e. The first-order valence-electron chi connectivity index (χ1n) is 6.94. The number of aromatic nitrogens is 4. The molecule has 2 rings (SSSR count). The number of nitrogens with zero attached hydrogens (tertiary/aromatic N) is 5. The Balaban J connectivity index is 1.81. The summed E-state index contributed by atoms with van der Waals surface area (Å²) in [6.45, 7) is 4.35. The zero-order valence-electron chi connectivity index (χ0n) is 12.7. The molecule has 1 amide bonds. The van der Waals surface area contributed by atoms with Gasteiger partial charge in [-0.1, -0.05) is 11.3 Å². The molecule has 10 heteroatoms. The van der Waals surface area contributed by atoms with Gasteiger partial charge in [-0.15, -0.1) is 5.10 Å². The number of hydrogen-bond donors (Lipinski definition) is 1. The molecule has 0 atom stereocenters. The summed E-state index contributed by atoms with van der Waals surface area (Å²) in [5.74, 6) is 0.433. The molecule has 122 valence electrons. The molecule has 2 heterocycles. The maximum absolute atomic E-state index is 11.7. The number of carbonyl (C=O) groups excluding carboxylic acids is 1. The lowest BCUT2D eigenvalue weighted by molar-refractivity contribution is -0.380. The van der Waals surface area contributed by atoms with E-state index in [1.807, 2.05) is 13.8 Å². The van der Waals surface area contributed by atoms with Crippen LogP contribution in [0, 0.1) is 10.1 Å². The van der Waals surface area contributed by atoms with Gasteiger partial charge in [0.2, 0.25) is 5.91 Å².